The molecule has 37 heavy (non-hydrogen) atoms. The van der Waals surface area contributed by atoms with Crippen LogP contribution in [0.2, 0.25) is 0 Å². The number of aryl methyl sites for hydroxylation is 1. The number of aromatic nitrogens is 2. The van der Waals surface area contributed by atoms with Gasteiger partial charge in [0.2, 0.25) is 0 Å². The molecule has 0 atom stereocenters. The summed E-state index contributed by atoms with van der Waals surface area (Å²) in [6.45, 7) is 2.12. The summed E-state index contributed by atoms with van der Waals surface area (Å²) in [6, 6.07) is 39.1. The van der Waals surface area contributed by atoms with Crippen molar-refractivity contribution in [2.45, 2.75) is 25.3 Å². The first-order chi connectivity index (χ1) is 18.2. The van der Waals surface area contributed by atoms with Crippen molar-refractivity contribution in [3.63, 3.8) is 0 Å². The summed E-state index contributed by atoms with van der Waals surface area (Å²) in [4.78, 5) is 16.4. The molecule has 0 bridgehead atoms. The minimum absolute atomic E-state index is 0.0368. The number of hydrogen-bond donors (Lipinski definition) is 0. The summed E-state index contributed by atoms with van der Waals surface area (Å²) in [5, 5.41) is 0. The van der Waals surface area contributed by atoms with Gasteiger partial charge in [0, 0.05) is 11.8 Å². The molecule has 0 saturated heterocycles. The molecule has 0 aliphatic rings. The van der Waals surface area contributed by atoms with E-state index < -0.39 is 5.54 Å². The normalized spacial score (nSPS) is 11.3. The Kier molecular flexibility index (Phi) is 7.27. The van der Waals surface area contributed by atoms with Crippen LogP contribution in [0.5, 0.6) is 5.75 Å². The molecule has 0 aliphatic heterocycles. The average Bonchev–Trinajstić information content (AvgIpc) is 3.43. The summed E-state index contributed by atoms with van der Waals surface area (Å²) < 4.78 is 8.15. The summed E-state index contributed by atoms with van der Waals surface area (Å²) in [6.07, 6.45) is 5.70. The van der Waals surface area contributed by atoms with Gasteiger partial charge in [-0.2, -0.15) is 0 Å². The fourth-order valence-electron chi connectivity index (χ4n) is 4.91. The number of Topliss-reactive ketones (excluding diaryl/α,β-unsaturated/α-hetero) is 1. The smallest absolute Gasteiger partial charge is 0.159 e. The van der Waals surface area contributed by atoms with Crippen LogP contribution in [0.4, 0.5) is 0 Å². The first-order valence-corrected chi connectivity index (χ1v) is 12.6. The molecular formula is C33H30N2O2. The van der Waals surface area contributed by atoms with Gasteiger partial charge < -0.3 is 9.30 Å². The topological polar surface area (TPSA) is 44.1 Å². The van der Waals surface area contributed by atoms with E-state index in [1.54, 1.807) is 19.1 Å². The molecule has 5 rings (SSSR count). The van der Waals surface area contributed by atoms with Crippen LogP contribution >= 0.6 is 0 Å². The van der Waals surface area contributed by atoms with E-state index in [4.69, 9.17) is 9.72 Å². The van der Waals surface area contributed by atoms with E-state index in [9.17, 15) is 4.79 Å². The van der Waals surface area contributed by atoms with E-state index in [0.717, 1.165) is 24.3 Å². The maximum Gasteiger partial charge on any atom is 0.159 e. The third-order valence-corrected chi connectivity index (χ3v) is 6.68. The molecule has 0 saturated carbocycles. The molecule has 0 spiro atoms. The number of ether oxygens (including phenoxy) is 1. The Hall–Kier alpha value is -4.44. The number of benzene rings is 4. The average molecular weight is 487 g/mol. The number of hydrogen-bond acceptors (Lipinski definition) is 3. The minimum atomic E-state index is -0.557. The van der Waals surface area contributed by atoms with E-state index in [1.165, 1.54) is 16.7 Å². The van der Waals surface area contributed by atoms with E-state index in [0.29, 0.717) is 12.2 Å². The van der Waals surface area contributed by atoms with Crippen molar-refractivity contribution in [1.82, 2.24) is 9.55 Å². The summed E-state index contributed by atoms with van der Waals surface area (Å²) in [5.74, 6) is 0.754. The lowest BCUT2D eigenvalue weighted by Crippen LogP contribution is -2.36. The van der Waals surface area contributed by atoms with Crippen molar-refractivity contribution in [2.75, 3.05) is 6.61 Å². The molecule has 4 heteroatoms. The minimum Gasteiger partial charge on any atom is -0.494 e. The van der Waals surface area contributed by atoms with Crippen LogP contribution in [-0.2, 0) is 12.0 Å². The summed E-state index contributed by atoms with van der Waals surface area (Å²) in [7, 11) is 0. The van der Waals surface area contributed by atoms with Crippen LogP contribution in [0.1, 0.15) is 46.1 Å². The Bertz CT molecular complexity index is 1350. The van der Waals surface area contributed by atoms with Gasteiger partial charge in [-0.15, -0.1) is 0 Å². The summed E-state index contributed by atoms with van der Waals surface area (Å²) >= 11 is 0. The Morgan fingerprint density at radius 3 is 1.89 bits per heavy atom. The molecule has 0 unspecified atom stereocenters. The first kappa shape index (κ1) is 24.3. The van der Waals surface area contributed by atoms with Gasteiger partial charge in [0.05, 0.1) is 18.6 Å². The lowest BCUT2D eigenvalue weighted by atomic mass is 9.77. The van der Waals surface area contributed by atoms with E-state index in [1.807, 2.05) is 18.5 Å². The van der Waals surface area contributed by atoms with Crippen molar-refractivity contribution in [2.24, 2.45) is 0 Å². The van der Waals surface area contributed by atoms with Crippen molar-refractivity contribution < 1.29 is 9.53 Å². The third-order valence-electron chi connectivity index (χ3n) is 6.68. The van der Waals surface area contributed by atoms with Crippen LogP contribution in [-0.4, -0.2) is 21.9 Å². The second-order valence-electron chi connectivity index (χ2n) is 9.12. The highest BCUT2D eigenvalue weighted by atomic mass is 16.5. The highest BCUT2D eigenvalue weighted by Crippen LogP contribution is 2.40. The zero-order valence-electron chi connectivity index (χ0n) is 21.0. The van der Waals surface area contributed by atoms with Gasteiger partial charge in [-0.3, -0.25) is 4.79 Å². The molecule has 0 fully saturated rings. The van der Waals surface area contributed by atoms with E-state index >= 15 is 0 Å². The van der Waals surface area contributed by atoms with Crippen molar-refractivity contribution >= 4 is 5.78 Å². The molecule has 1 heterocycles. The number of carbonyl (C=O) groups excluding carboxylic acids is 1. The SMILES string of the molecule is CC(=O)c1cccc(OCCCc2cn(C(c3ccccc3)(c3ccccc3)c3ccccc3)cn2)c1. The monoisotopic (exact) mass is 486 g/mol. The van der Waals surface area contributed by atoms with Gasteiger partial charge in [-0.05, 0) is 48.6 Å². The van der Waals surface area contributed by atoms with Gasteiger partial charge in [-0.1, -0.05) is 103 Å². The van der Waals surface area contributed by atoms with Crippen LogP contribution in [0.15, 0.2) is 128 Å². The Morgan fingerprint density at radius 1 is 0.784 bits per heavy atom. The Balaban J connectivity index is 1.43. The highest BCUT2D eigenvalue weighted by Gasteiger charge is 2.38. The predicted octanol–water partition coefficient (Wildman–Crippen LogP) is 6.94. The molecule has 0 aliphatic carbocycles. The Morgan fingerprint density at radius 2 is 1.35 bits per heavy atom. The highest BCUT2D eigenvalue weighted by molar-refractivity contribution is 5.94. The third kappa shape index (κ3) is 5.10. The summed E-state index contributed by atoms with van der Waals surface area (Å²) in [5.41, 5.74) is 4.63. The van der Waals surface area contributed by atoms with Crippen molar-refractivity contribution in [3.8, 4) is 5.75 Å². The maximum atomic E-state index is 11.6. The molecule has 5 aromatic rings. The van der Waals surface area contributed by atoms with Gasteiger partial charge in [-0.25, -0.2) is 4.98 Å². The van der Waals surface area contributed by atoms with Crippen LogP contribution < -0.4 is 4.74 Å². The number of rotatable bonds is 10. The van der Waals surface area contributed by atoms with Gasteiger partial charge in [0.1, 0.15) is 11.3 Å². The molecule has 184 valence electrons. The zero-order valence-corrected chi connectivity index (χ0v) is 21.0. The molecular weight excluding hydrogens is 456 g/mol. The first-order valence-electron chi connectivity index (χ1n) is 12.6. The van der Waals surface area contributed by atoms with Crippen LogP contribution in [0.3, 0.4) is 0 Å². The lowest BCUT2D eigenvalue weighted by Gasteiger charge is -2.37. The second-order valence-corrected chi connectivity index (χ2v) is 9.12. The van der Waals surface area contributed by atoms with Crippen molar-refractivity contribution in [3.05, 3.63) is 156 Å². The van der Waals surface area contributed by atoms with E-state index in [-0.39, 0.29) is 5.78 Å². The molecule has 0 radical (unpaired) electrons. The molecule has 0 amide bonds. The molecule has 0 N–H and O–H groups in total. The van der Waals surface area contributed by atoms with Crippen molar-refractivity contribution in [1.29, 1.82) is 0 Å². The second kappa shape index (κ2) is 11.1. The van der Waals surface area contributed by atoms with Gasteiger partial charge in [0.15, 0.2) is 5.78 Å². The number of nitrogens with zero attached hydrogens (tertiary/aromatic N) is 2. The standard InChI is InChI=1S/C33H30N2O2/c1-26(36)27-13-11-21-32(23-27)37-22-12-20-31-24-35(25-34-31)33(28-14-5-2-6-15-28,29-16-7-3-8-17-29)30-18-9-4-10-19-30/h2-11,13-19,21,23-25H,12,20,22H2,1H3. The number of imidazole rings is 1. The maximum absolute atomic E-state index is 11.6. The fraction of sp³-hybridized carbons (Fsp3) is 0.152. The van der Waals surface area contributed by atoms with Gasteiger partial charge >= 0.3 is 0 Å². The zero-order chi connectivity index (χ0) is 25.5. The molecule has 4 nitrogen and oxygen atoms in total. The van der Waals surface area contributed by atoms with Crippen LogP contribution in [0, 0.1) is 0 Å². The largest absolute Gasteiger partial charge is 0.494 e. The van der Waals surface area contributed by atoms with E-state index in [2.05, 4.69) is 102 Å². The Labute approximate surface area is 218 Å². The number of ketones is 1. The number of carbonyl (C=O) groups is 1. The fourth-order valence-corrected chi connectivity index (χ4v) is 4.91. The predicted molar refractivity (Wildman–Crippen MR) is 147 cm³/mol. The quantitative estimate of drug-likeness (QED) is 0.122. The van der Waals surface area contributed by atoms with Gasteiger partial charge in [0.25, 0.3) is 0 Å². The van der Waals surface area contributed by atoms with Crippen LogP contribution in [0.25, 0.3) is 0 Å². The molecule has 1 aromatic heterocycles. The lowest BCUT2D eigenvalue weighted by molar-refractivity contribution is 0.101. The molecule has 4 aromatic carbocycles.